The van der Waals surface area contributed by atoms with Gasteiger partial charge in [-0.15, -0.1) is 0 Å². The number of aromatic nitrogens is 3. The average Bonchev–Trinajstić information content (AvgIpc) is 3.30. The van der Waals surface area contributed by atoms with E-state index < -0.39 is 11.7 Å². The van der Waals surface area contributed by atoms with Crippen molar-refractivity contribution in [1.29, 1.82) is 0 Å². The number of alkyl halides is 3. The van der Waals surface area contributed by atoms with Crippen molar-refractivity contribution in [2.24, 2.45) is 0 Å². The first-order valence-corrected chi connectivity index (χ1v) is 11.3. The van der Waals surface area contributed by atoms with Gasteiger partial charge in [-0.1, -0.05) is 30.3 Å². The molecule has 0 saturated heterocycles. The minimum atomic E-state index is -4.41. The molecule has 0 aliphatic rings. The second-order valence-corrected chi connectivity index (χ2v) is 8.23. The van der Waals surface area contributed by atoms with Gasteiger partial charge in [-0.3, -0.25) is 0 Å². The summed E-state index contributed by atoms with van der Waals surface area (Å²) in [5.74, 6) is 1.87. The average molecular weight is 493 g/mol. The first kappa shape index (κ1) is 23.5. The number of para-hydroxylation sites is 1. The van der Waals surface area contributed by atoms with Gasteiger partial charge in [0.2, 0.25) is 0 Å². The van der Waals surface area contributed by atoms with Gasteiger partial charge in [0.25, 0.3) is 0 Å². The third kappa shape index (κ3) is 4.51. The van der Waals surface area contributed by atoms with Gasteiger partial charge in [0.1, 0.15) is 5.82 Å². The molecule has 184 valence electrons. The van der Waals surface area contributed by atoms with Crippen LogP contribution in [0.1, 0.15) is 11.1 Å². The van der Waals surface area contributed by atoms with Gasteiger partial charge in [-0.2, -0.15) is 13.2 Å². The SMILES string of the molecule is COc1cc2nc(-c3ccc(C(F)(F)F)cc3)nc(NCCc3c[nH]c4ccccc34)c2cc1OC. The van der Waals surface area contributed by atoms with Gasteiger partial charge in [-0.25, -0.2) is 9.97 Å². The van der Waals surface area contributed by atoms with E-state index in [9.17, 15) is 13.2 Å². The first-order valence-electron chi connectivity index (χ1n) is 11.3. The Morgan fingerprint density at radius 1 is 0.889 bits per heavy atom. The minimum absolute atomic E-state index is 0.304. The van der Waals surface area contributed by atoms with Gasteiger partial charge in [0, 0.05) is 40.7 Å². The van der Waals surface area contributed by atoms with Crippen LogP contribution < -0.4 is 14.8 Å². The maximum Gasteiger partial charge on any atom is 0.416 e. The summed E-state index contributed by atoms with van der Waals surface area (Å²) < 4.78 is 50.0. The highest BCUT2D eigenvalue weighted by atomic mass is 19.4. The molecule has 0 aliphatic carbocycles. The predicted molar refractivity (Wildman–Crippen MR) is 134 cm³/mol. The zero-order valence-electron chi connectivity index (χ0n) is 19.6. The Morgan fingerprint density at radius 2 is 1.61 bits per heavy atom. The fourth-order valence-corrected chi connectivity index (χ4v) is 4.18. The summed E-state index contributed by atoms with van der Waals surface area (Å²) in [6.07, 6.45) is -1.69. The molecule has 0 spiro atoms. The molecule has 9 heteroatoms. The molecule has 0 amide bonds. The van der Waals surface area contributed by atoms with E-state index in [0.717, 1.165) is 29.5 Å². The van der Waals surface area contributed by atoms with Crippen molar-refractivity contribution in [3.8, 4) is 22.9 Å². The van der Waals surface area contributed by atoms with Crippen LogP contribution in [0.2, 0.25) is 0 Å². The number of nitrogens with one attached hydrogen (secondary N) is 2. The number of halogens is 3. The maximum absolute atomic E-state index is 13.0. The van der Waals surface area contributed by atoms with Gasteiger partial charge in [-0.05, 0) is 36.2 Å². The number of benzene rings is 3. The number of rotatable bonds is 7. The smallest absolute Gasteiger partial charge is 0.416 e. The van der Waals surface area contributed by atoms with E-state index in [2.05, 4.69) is 26.3 Å². The summed E-state index contributed by atoms with van der Waals surface area (Å²) in [4.78, 5) is 12.6. The fourth-order valence-electron chi connectivity index (χ4n) is 4.18. The van der Waals surface area contributed by atoms with Crippen LogP contribution in [0.15, 0.2) is 66.9 Å². The zero-order chi connectivity index (χ0) is 25.3. The Balaban J connectivity index is 1.51. The monoisotopic (exact) mass is 492 g/mol. The van der Waals surface area contributed by atoms with Crippen molar-refractivity contribution in [2.75, 3.05) is 26.1 Å². The Labute approximate surface area is 205 Å². The molecule has 0 aliphatic heterocycles. The number of hydrogen-bond donors (Lipinski definition) is 2. The number of H-pyrrole nitrogens is 1. The Morgan fingerprint density at radius 3 is 2.33 bits per heavy atom. The van der Waals surface area contributed by atoms with Gasteiger partial charge >= 0.3 is 6.18 Å². The van der Waals surface area contributed by atoms with E-state index >= 15 is 0 Å². The van der Waals surface area contributed by atoms with Crippen LogP contribution in [0.4, 0.5) is 19.0 Å². The number of anilines is 1. The highest BCUT2D eigenvalue weighted by molar-refractivity contribution is 5.93. The summed E-state index contributed by atoms with van der Waals surface area (Å²) in [5.41, 5.74) is 2.56. The molecule has 0 atom stereocenters. The van der Waals surface area contributed by atoms with E-state index in [0.29, 0.717) is 46.2 Å². The largest absolute Gasteiger partial charge is 0.493 e. The molecule has 0 fully saturated rings. The quantitative estimate of drug-likeness (QED) is 0.273. The molecule has 5 rings (SSSR count). The fraction of sp³-hybridized carbons (Fsp3) is 0.185. The van der Waals surface area contributed by atoms with Crippen molar-refractivity contribution in [3.63, 3.8) is 0 Å². The second-order valence-electron chi connectivity index (χ2n) is 8.23. The molecule has 5 aromatic rings. The number of ether oxygens (including phenoxy) is 2. The molecule has 2 N–H and O–H groups in total. The van der Waals surface area contributed by atoms with Crippen molar-refractivity contribution in [2.45, 2.75) is 12.6 Å². The van der Waals surface area contributed by atoms with Crippen LogP contribution in [0.25, 0.3) is 33.2 Å². The molecular weight excluding hydrogens is 469 g/mol. The van der Waals surface area contributed by atoms with E-state index in [-0.39, 0.29) is 0 Å². The number of hydrogen-bond acceptors (Lipinski definition) is 5. The zero-order valence-corrected chi connectivity index (χ0v) is 19.6. The third-order valence-electron chi connectivity index (χ3n) is 6.03. The van der Waals surface area contributed by atoms with Crippen LogP contribution in [-0.2, 0) is 12.6 Å². The third-order valence-corrected chi connectivity index (χ3v) is 6.03. The van der Waals surface area contributed by atoms with Crippen molar-refractivity contribution >= 4 is 27.6 Å². The van der Waals surface area contributed by atoms with Gasteiger partial charge in [0.15, 0.2) is 17.3 Å². The molecule has 36 heavy (non-hydrogen) atoms. The molecule has 2 heterocycles. The molecule has 6 nitrogen and oxygen atoms in total. The standard InChI is InChI=1S/C27H23F3N4O2/c1-35-23-13-20-22(14-24(23)36-2)33-25(16-7-9-18(10-8-16)27(28,29)30)34-26(20)31-12-11-17-15-32-21-6-4-3-5-19(17)21/h3-10,13-15,32H,11-12H2,1-2H3,(H,31,33,34). The maximum atomic E-state index is 13.0. The lowest BCUT2D eigenvalue weighted by molar-refractivity contribution is -0.137. The molecular formula is C27H23F3N4O2. The number of nitrogens with zero attached hydrogens (tertiary/aromatic N) is 2. The van der Waals surface area contributed by atoms with Crippen molar-refractivity contribution < 1.29 is 22.6 Å². The summed E-state index contributed by atoms with van der Waals surface area (Å²) in [5, 5.41) is 5.25. The van der Waals surface area contributed by atoms with Gasteiger partial charge in [0.05, 0.1) is 25.3 Å². The molecule has 2 aromatic heterocycles. The van der Waals surface area contributed by atoms with Crippen LogP contribution in [-0.4, -0.2) is 35.7 Å². The normalized spacial score (nSPS) is 11.7. The summed E-state index contributed by atoms with van der Waals surface area (Å²) in [6, 6.07) is 16.4. The molecule has 3 aromatic carbocycles. The van der Waals surface area contributed by atoms with E-state index in [4.69, 9.17) is 9.47 Å². The molecule has 0 radical (unpaired) electrons. The number of methoxy groups -OCH3 is 2. The van der Waals surface area contributed by atoms with E-state index in [1.807, 2.05) is 24.4 Å². The first-order chi connectivity index (χ1) is 17.4. The predicted octanol–water partition coefficient (Wildman–Crippen LogP) is 6.47. The Bertz CT molecular complexity index is 1530. The van der Waals surface area contributed by atoms with Crippen LogP contribution in [0, 0.1) is 0 Å². The Hall–Kier alpha value is -4.27. The van der Waals surface area contributed by atoms with Crippen LogP contribution in [0.3, 0.4) is 0 Å². The number of aromatic amines is 1. The Kier molecular flexibility index (Phi) is 6.13. The lowest BCUT2D eigenvalue weighted by Crippen LogP contribution is -2.08. The summed E-state index contributed by atoms with van der Waals surface area (Å²) in [6.45, 7) is 0.578. The minimum Gasteiger partial charge on any atom is -0.493 e. The lowest BCUT2D eigenvalue weighted by atomic mass is 10.1. The highest BCUT2D eigenvalue weighted by Gasteiger charge is 2.30. The topological polar surface area (TPSA) is 72.1 Å². The number of fused-ring (bicyclic) bond motifs is 2. The van der Waals surface area contributed by atoms with Crippen LogP contribution >= 0.6 is 0 Å². The molecule has 0 bridgehead atoms. The summed E-state index contributed by atoms with van der Waals surface area (Å²) >= 11 is 0. The lowest BCUT2D eigenvalue weighted by Gasteiger charge is -2.14. The van der Waals surface area contributed by atoms with Crippen LogP contribution in [0.5, 0.6) is 11.5 Å². The molecule has 0 unspecified atom stereocenters. The summed E-state index contributed by atoms with van der Waals surface area (Å²) in [7, 11) is 3.08. The molecule has 0 saturated carbocycles. The van der Waals surface area contributed by atoms with E-state index in [1.165, 1.54) is 24.8 Å². The highest BCUT2D eigenvalue weighted by Crippen LogP contribution is 2.36. The van der Waals surface area contributed by atoms with Crippen molar-refractivity contribution in [3.05, 3.63) is 78.0 Å². The van der Waals surface area contributed by atoms with Crippen molar-refractivity contribution in [1.82, 2.24) is 15.0 Å². The van der Waals surface area contributed by atoms with E-state index in [1.54, 1.807) is 19.2 Å². The van der Waals surface area contributed by atoms with Gasteiger partial charge < -0.3 is 19.8 Å². The second kappa shape index (κ2) is 9.41.